The van der Waals surface area contributed by atoms with Crippen LogP contribution in [-0.4, -0.2) is 32.9 Å². The number of thioether (sulfide) groups is 1. The Bertz CT molecular complexity index is 1080. The first kappa shape index (κ1) is 23.1. The smallest absolute Gasteiger partial charge is 0.192 e. The fourth-order valence-electron chi connectivity index (χ4n) is 4.02. The van der Waals surface area contributed by atoms with E-state index in [1.807, 2.05) is 31.2 Å². The molecule has 0 unspecified atom stereocenters. The van der Waals surface area contributed by atoms with Gasteiger partial charge in [-0.2, -0.15) is 0 Å². The van der Waals surface area contributed by atoms with Crippen molar-refractivity contribution >= 4 is 40.7 Å². The summed E-state index contributed by atoms with van der Waals surface area (Å²) in [6.07, 6.45) is 5.72. The minimum Gasteiger partial charge on any atom is -0.494 e. The summed E-state index contributed by atoms with van der Waals surface area (Å²) >= 11 is 14.0. The van der Waals surface area contributed by atoms with Crippen molar-refractivity contribution in [3.8, 4) is 17.1 Å². The molecule has 32 heavy (non-hydrogen) atoms. The number of benzene rings is 2. The van der Waals surface area contributed by atoms with Gasteiger partial charge in [-0.15, -0.1) is 10.2 Å². The van der Waals surface area contributed by atoms with Crippen LogP contribution >= 0.6 is 35.0 Å². The normalized spacial score (nSPS) is 14.5. The number of halogens is 2. The van der Waals surface area contributed by atoms with Crippen molar-refractivity contribution in [3.05, 3.63) is 58.1 Å². The highest BCUT2D eigenvalue weighted by atomic mass is 35.5. The van der Waals surface area contributed by atoms with Gasteiger partial charge in [-0.1, -0.05) is 54.2 Å². The van der Waals surface area contributed by atoms with Crippen molar-refractivity contribution in [2.24, 2.45) is 0 Å². The Morgan fingerprint density at radius 1 is 1.09 bits per heavy atom. The van der Waals surface area contributed by atoms with Gasteiger partial charge in [-0.05, 0) is 62.2 Å². The quantitative estimate of drug-likeness (QED) is 0.248. The molecule has 1 aromatic heterocycles. The Morgan fingerprint density at radius 3 is 2.53 bits per heavy atom. The molecule has 0 amide bonds. The third-order valence-corrected chi connectivity index (χ3v) is 7.09. The summed E-state index contributed by atoms with van der Waals surface area (Å²) < 4.78 is 7.63. The lowest BCUT2D eigenvalue weighted by Gasteiger charge is -2.25. The maximum Gasteiger partial charge on any atom is 0.192 e. The zero-order valence-electron chi connectivity index (χ0n) is 17.9. The number of hydrogen-bond donors (Lipinski definition) is 0. The fourth-order valence-corrected chi connectivity index (χ4v) is 5.41. The van der Waals surface area contributed by atoms with Gasteiger partial charge in [0.2, 0.25) is 0 Å². The molecular weight excluding hydrogens is 465 g/mol. The van der Waals surface area contributed by atoms with E-state index in [1.54, 1.807) is 18.2 Å². The molecule has 1 aliphatic carbocycles. The van der Waals surface area contributed by atoms with Gasteiger partial charge in [-0.3, -0.25) is 9.36 Å². The Labute approximate surface area is 202 Å². The molecule has 3 aromatic rings. The lowest BCUT2D eigenvalue weighted by Crippen LogP contribution is -2.15. The first-order valence-corrected chi connectivity index (χ1v) is 12.6. The topological polar surface area (TPSA) is 57.0 Å². The summed E-state index contributed by atoms with van der Waals surface area (Å²) in [7, 11) is 0. The van der Waals surface area contributed by atoms with Crippen LogP contribution in [0.15, 0.2) is 47.6 Å². The fraction of sp³-hybridized carbons (Fsp3) is 0.375. The molecule has 0 bridgehead atoms. The van der Waals surface area contributed by atoms with E-state index < -0.39 is 0 Å². The molecule has 4 rings (SSSR count). The van der Waals surface area contributed by atoms with Gasteiger partial charge in [0.05, 0.1) is 17.4 Å². The molecule has 8 heteroatoms. The molecule has 0 saturated heterocycles. The van der Waals surface area contributed by atoms with E-state index >= 15 is 0 Å². The standard InChI is InChI=1S/C24H25Cl2N3O2S/c1-2-31-19-11-8-16(9-12-19)22(30)15-32-24-28-27-23(20-13-10-17(25)14-21(20)26)29(24)18-6-4-3-5-7-18/h8-14,18H,2-7,15H2,1H3. The maximum atomic E-state index is 12.8. The number of nitrogens with zero attached hydrogens (tertiary/aromatic N) is 3. The molecule has 1 saturated carbocycles. The van der Waals surface area contributed by atoms with E-state index in [1.165, 1.54) is 31.0 Å². The molecule has 0 N–H and O–H groups in total. The highest BCUT2D eigenvalue weighted by Crippen LogP contribution is 2.38. The lowest BCUT2D eigenvalue weighted by molar-refractivity contribution is 0.102. The summed E-state index contributed by atoms with van der Waals surface area (Å²) in [4.78, 5) is 12.8. The number of Topliss-reactive ketones (excluding diaryl/α,β-unsaturated/α-hetero) is 1. The van der Waals surface area contributed by atoms with Gasteiger partial charge in [0.1, 0.15) is 5.75 Å². The average Bonchev–Trinajstić information content (AvgIpc) is 3.22. The minimum absolute atomic E-state index is 0.0438. The number of aromatic nitrogens is 3. The van der Waals surface area contributed by atoms with Crippen LogP contribution in [0.4, 0.5) is 0 Å². The van der Waals surface area contributed by atoms with E-state index in [-0.39, 0.29) is 11.5 Å². The Balaban J connectivity index is 1.57. The van der Waals surface area contributed by atoms with Gasteiger partial charge in [0.25, 0.3) is 0 Å². The maximum absolute atomic E-state index is 12.8. The second-order valence-corrected chi connectivity index (χ2v) is 9.55. The van der Waals surface area contributed by atoms with E-state index in [0.29, 0.717) is 28.3 Å². The van der Waals surface area contributed by atoms with Gasteiger partial charge in [0.15, 0.2) is 16.8 Å². The monoisotopic (exact) mass is 489 g/mol. The highest BCUT2D eigenvalue weighted by molar-refractivity contribution is 7.99. The van der Waals surface area contributed by atoms with E-state index in [2.05, 4.69) is 14.8 Å². The van der Waals surface area contributed by atoms with Gasteiger partial charge in [0, 0.05) is 22.2 Å². The number of ketones is 1. The van der Waals surface area contributed by atoms with Crippen molar-refractivity contribution in [1.82, 2.24) is 14.8 Å². The number of ether oxygens (including phenoxy) is 1. The second kappa shape index (κ2) is 10.7. The molecule has 1 fully saturated rings. The van der Waals surface area contributed by atoms with Gasteiger partial charge < -0.3 is 4.74 Å². The predicted molar refractivity (Wildman–Crippen MR) is 130 cm³/mol. The summed E-state index contributed by atoms with van der Waals surface area (Å²) in [6, 6.07) is 13.0. The van der Waals surface area contributed by atoms with Crippen molar-refractivity contribution in [1.29, 1.82) is 0 Å². The molecule has 0 atom stereocenters. The first-order valence-electron chi connectivity index (χ1n) is 10.9. The zero-order valence-corrected chi connectivity index (χ0v) is 20.2. The third-order valence-electron chi connectivity index (χ3n) is 5.60. The van der Waals surface area contributed by atoms with Crippen LogP contribution in [0.25, 0.3) is 11.4 Å². The molecule has 0 radical (unpaired) electrons. The minimum atomic E-state index is 0.0438. The van der Waals surface area contributed by atoms with Crippen LogP contribution in [0.1, 0.15) is 55.4 Å². The largest absolute Gasteiger partial charge is 0.494 e. The Hall–Kier alpha value is -2.02. The van der Waals surface area contributed by atoms with E-state index in [9.17, 15) is 4.79 Å². The van der Waals surface area contributed by atoms with Gasteiger partial charge >= 0.3 is 0 Å². The van der Waals surface area contributed by atoms with Crippen molar-refractivity contribution in [2.45, 2.75) is 50.2 Å². The summed E-state index contributed by atoms with van der Waals surface area (Å²) in [5, 5.41) is 10.8. The molecular formula is C24H25Cl2N3O2S. The highest BCUT2D eigenvalue weighted by Gasteiger charge is 2.25. The summed E-state index contributed by atoms with van der Waals surface area (Å²) in [5.74, 6) is 1.82. The van der Waals surface area contributed by atoms with Crippen LogP contribution in [0, 0.1) is 0 Å². The van der Waals surface area contributed by atoms with Crippen molar-refractivity contribution in [3.63, 3.8) is 0 Å². The zero-order chi connectivity index (χ0) is 22.5. The van der Waals surface area contributed by atoms with Crippen LogP contribution in [0.5, 0.6) is 5.75 Å². The molecule has 1 aliphatic rings. The third kappa shape index (κ3) is 5.30. The van der Waals surface area contributed by atoms with E-state index in [0.717, 1.165) is 35.1 Å². The molecule has 0 aliphatic heterocycles. The van der Waals surface area contributed by atoms with Crippen molar-refractivity contribution in [2.75, 3.05) is 12.4 Å². The van der Waals surface area contributed by atoms with Gasteiger partial charge in [-0.25, -0.2) is 0 Å². The van der Waals surface area contributed by atoms with Crippen molar-refractivity contribution < 1.29 is 9.53 Å². The number of carbonyl (C=O) groups is 1. The lowest BCUT2D eigenvalue weighted by atomic mass is 9.95. The number of rotatable bonds is 8. The predicted octanol–water partition coefficient (Wildman–Crippen LogP) is 7.13. The summed E-state index contributed by atoms with van der Waals surface area (Å²) in [6.45, 7) is 2.53. The van der Waals surface area contributed by atoms with Crippen LogP contribution < -0.4 is 4.74 Å². The van der Waals surface area contributed by atoms with Crippen LogP contribution in [0.2, 0.25) is 10.0 Å². The number of hydrogen-bond acceptors (Lipinski definition) is 5. The molecule has 2 aromatic carbocycles. The molecule has 5 nitrogen and oxygen atoms in total. The first-order chi connectivity index (χ1) is 15.6. The molecule has 0 spiro atoms. The van der Waals surface area contributed by atoms with Crippen LogP contribution in [0.3, 0.4) is 0 Å². The number of carbonyl (C=O) groups excluding carboxylic acids is 1. The second-order valence-electron chi connectivity index (χ2n) is 7.76. The summed E-state index contributed by atoms with van der Waals surface area (Å²) in [5.41, 5.74) is 1.46. The van der Waals surface area contributed by atoms with Crippen LogP contribution in [-0.2, 0) is 0 Å². The van der Waals surface area contributed by atoms with E-state index in [4.69, 9.17) is 27.9 Å². The SMILES string of the molecule is CCOc1ccc(C(=O)CSc2nnc(-c3ccc(Cl)cc3Cl)n2C2CCCCC2)cc1. The average molecular weight is 490 g/mol. The molecule has 1 heterocycles. The Morgan fingerprint density at radius 2 is 1.84 bits per heavy atom. The molecule has 168 valence electrons. The Kier molecular flexibility index (Phi) is 7.76.